The van der Waals surface area contributed by atoms with E-state index in [1.165, 1.54) is 6.07 Å². The van der Waals surface area contributed by atoms with Gasteiger partial charge in [0.05, 0.1) is 17.2 Å². The summed E-state index contributed by atoms with van der Waals surface area (Å²) in [7, 11) is 1.58. The summed E-state index contributed by atoms with van der Waals surface area (Å²) in [5.41, 5.74) is 0.806. The van der Waals surface area contributed by atoms with Gasteiger partial charge < -0.3 is 10.1 Å². The van der Waals surface area contributed by atoms with Crippen LogP contribution in [-0.2, 0) is 6.54 Å². The van der Waals surface area contributed by atoms with Crippen molar-refractivity contribution in [2.45, 2.75) is 6.54 Å². The van der Waals surface area contributed by atoms with Gasteiger partial charge in [-0.2, -0.15) is 0 Å². The van der Waals surface area contributed by atoms with Crippen molar-refractivity contribution in [1.82, 2.24) is 4.98 Å². The first-order chi connectivity index (χ1) is 9.52. The van der Waals surface area contributed by atoms with Crippen molar-refractivity contribution < 1.29 is 4.74 Å². The van der Waals surface area contributed by atoms with Crippen LogP contribution in [0.3, 0.4) is 0 Å². The number of halogens is 4. The quantitative estimate of drug-likeness (QED) is 0.757. The van der Waals surface area contributed by atoms with Crippen molar-refractivity contribution in [2.24, 2.45) is 0 Å². The van der Waals surface area contributed by atoms with Crippen LogP contribution in [0.15, 0.2) is 24.3 Å². The van der Waals surface area contributed by atoms with E-state index in [0.29, 0.717) is 33.2 Å². The maximum atomic E-state index is 6.15. The molecule has 20 heavy (non-hydrogen) atoms. The zero-order valence-electron chi connectivity index (χ0n) is 10.4. The highest BCUT2D eigenvalue weighted by molar-refractivity contribution is 6.42. The van der Waals surface area contributed by atoms with E-state index in [-0.39, 0.29) is 5.15 Å². The molecule has 0 fully saturated rings. The molecule has 0 saturated carbocycles. The van der Waals surface area contributed by atoms with Crippen LogP contribution >= 0.6 is 46.4 Å². The molecule has 0 amide bonds. The molecule has 0 radical (unpaired) electrons. The smallest absolute Gasteiger partial charge is 0.150 e. The van der Waals surface area contributed by atoms with E-state index < -0.39 is 0 Å². The third kappa shape index (κ3) is 3.41. The Bertz CT molecular complexity index is 634. The Morgan fingerprint density at radius 1 is 1.10 bits per heavy atom. The Labute approximate surface area is 136 Å². The van der Waals surface area contributed by atoms with Gasteiger partial charge in [0.1, 0.15) is 16.7 Å². The molecule has 106 valence electrons. The second kappa shape index (κ2) is 6.72. The largest absolute Gasteiger partial charge is 0.496 e. The first-order valence-corrected chi connectivity index (χ1v) is 7.11. The lowest BCUT2D eigenvalue weighted by Crippen LogP contribution is -2.04. The van der Waals surface area contributed by atoms with Crippen molar-refractivity contribution in [3.05, 3.63) is 50.0 Å². The second-order valence-corrected chi connectivity index (χ2v) is 5.45. The van der Waals surface area contributed by atoms with E-state index in [2.05, 4.69) is 10.3 Å². The van der Waals surface area contributed by atoms with Crippen molar-refractivity contribution in [3.63, 3.8) is 0 Å². The lowest BCUT2D eigenvalue weighted by atomic mass is 10.2. The molecule has 0 spiro atoms. The Balaban J connectivity index is 2.23. The molecular weight excluding hydrogens is 342 g/mol. The molecule has 0 aliphatic rings. The van der Waals surface area contributed by atoms with Crippen LogP contribution in [-0.4, -0.2) is 12.1 Å². The average molecular weight is 352 g/mol. The molecule has 0 saturated heterocycles. The number of rotatable bonds is 4. The van der Waals surface area contributed by atoms with Crippen LogP contribution in [0.4, 0.5) is 5.82 Å². The fourth-order valence-corrected chi connectivity index (χ4v) is 2.44. The van der Waals surface area contributed by atoms with Gasteiger partial charge in [0.2, 0.25) is 0 Å². The predicted molar refractivity (Wildman–Crippen MR) is 84.6 cm³/mol. The van der Waals surface area contributed by atoms with Gasteiger partial charge in [0, 0.05) is 17.1 Å². The first kappa shape index (κ1) is 15.5. The Kier molecular flexibility index (Phi) is 5.22. The van der Waals surface area contributed by atoms with Crippen LogP contribution in [0.25, 0.3) is 0 Å². The summed E-state index contributed by atoms with van der Waals surface area (Å²) < 4.78 is 5.26. The molecule has 0 bridgehead atoms. The van der Waals surface area contributed by atoms with Gasteiger partial charge in [-0.1, -0.05) is 52.5 Å². The summed E-state index contributed by atoms with van der Waals surface area (Å²) in [4.78, 5) is 4.08. The molecule has 0 aliphatic heterocycles. The molecule has 7 heteroatoms. The van der Waals surface area contributed by atoms with Gasteiger partial charge in [-0.25, -0.2) is 4.98 Å². The van der Waals surface area contributed by atoms with Gasteiger partial charge in [-0.3, -0.25) is 0 Å². The highest BCUT2D eigenvalue weighted by Gasteiger charge is 2.11. The number of ether oxygens (including phenoxy) is 1. The summed E-state index contributed by atoms with van der Waals surface area (Å²) in [6, 6.07) is 6.96. The first-order valence-electron chi connectivity index (χ1n) is 5.59. The zero-order valence-corrected chi connectivity index (χ0v) is 13.4. The standard InChI is InChI=1S/C13H10Cl4N2O/c1-20-11-4-2-3-8(14)7(11)6-18-13-10(16)5-9(15)12(17)19-13/h2-5H,6H2,1H3,(H,18,19). The maximum absolute atomic E-state index is 6.15. The van der Waals surface area contributed by atoms with E-state index in [4.69, 9.17) is 51.1 Å². The maximum Gasteiger partial charge on any atom is 0.150 e. The SMILES string of the molecule is COc1cccc(Cl)c1CNc1nc(Cl)c(Cl)cc1Cl. The Hall–Kier alpha value is -0.870. The molecule has 1 N–H and O–H groups in total. The molecule has 0 unspecified atom stereocenters. The summed E-state index contributed by atoms with van der Waals surface area (Å²) in [6.45, 7) is 0.396. The molecule has 1 heterocycles. The van der Waals surface area contributed by atoms with E-state index >= 15 is 0 Å². The molecule has 1 aromatic carbocycles. The van der Waals surface area contributed by atoms with Crippen molar-refractivity contribution in [2.75, 3.05) is 12.4 Å². The third-order valence-corrected chi connectivity index (χ3v) is 3.93. The number of benzene rings is 1. The van der Waals surface area contributed by atoms with Gasteiger partial charge in [-0.15, -0.1) is 0 Å². The molecule has 1 aromatic heterocycles. The van der Waals surface area contributed by atoms with Crippen LogP contribution in [0.1, 0.15) is 5.56 Å². The molecule has 2 aromatic rings. The third-order valence-electron chi connectivity index (χ3n) is 2.62. The zero-order chi connectivity index (χ0) is 14.7. The van der Waals surface area contributed by atoms with E-state index in [9.17, 15) is 0 Å². The van der Waals surface area contributed by atoms with E-state index in [0.717, 1.165) is 5.56 Å². The van der Waals surface area contributed by atoms with Crippen LogP contribution in [0, 0.1) is 0 Å². The molecule has 0 atom stereocenters. The Morgan fingerprint density at radius 3 is 2.55 bits per heavy atom. The summed E-state index contributed by atoms with van der Waals surface area (Å²) >= 11 is 23.9. The van der Waals surface area contributed by atoms with Gasteiger partial charge in [0.25, 0.3) is 0 Å². The monoisotopic (exact) mass is 350 g/mol. The van der Waals surface area contributed by atoms with Crippen LogP contribution < -0.4 is 10.1 Å². The lowest BCUT2D eigenvalue weighted by molar-refractivity contribution is 0.410. The number of hydrogen-bond acceptors (Lipinski definition) is 3. The summed E-state index contributed by atoms with van der Waals surface area (Å²) in [6.07, 6.45) is 0. The topological polar surface area (TPSA) is 34.1 Å². The number of hydrogen-bond donors (Lipinski definition) is 1. The number of aromatic nitrogens is 1. The minimum absolute atomic E-state index is 0.185. The predicted octanol–water partition coefficient (Wildman–Crippen LogP) is 5.32. The number of methoxy groups -OCH3 is 1. The molecule has 2 rings (SSSR count). The summed E-state index contributed by atoms with van der Waals surface area (Å²) in [5.74, 6) is 1.12. The number of nitrogens with one attached hydrogen (secondary N) is 1. The highest BCUT2D eigenvalue weighted by atomic mass is 35.5. The second-order valence-electron chi connectivity index (χ2n) is 3.87. The normalized spacial score (nSPS) is 10.4. The minimum Gasteiger partial charge on any atom is -0.496 e. The number of anilines is 1. The fraction of sp³-hybridized carbons (Fsp3) is 0.154. The average Bonchev–Trinajstić information content (AvgIpc) is 2.42. The highest BCUT2D eigenvalue weighted by Crippen LogP contribution is 2.31. The van der Waals surface area contributed by atoms with Crippen molar-refractivity contribution in [1.29, 1.82) is 0 Å². The molecule has 3 nitrogen and oxygen atoms in total. The van der Waals surface area contributed by atoms with Gasteiger partial charge in [-0.05, 0) is 18.2 Å². The van der Waals surface area contributed by atoms with Crippen LogP contribution in [0.5, 0.6) is 5.75 Å². The lowest BCUT2D eigenvalue weighted by Gasteiger charge is -2.13. The molecule has 0 aliphatic carbocycles. The van der Waals surface area contributed by atoms with Gasteiger partial charge in [0.15, 0.2) is 0 Å². The van der Waals surface area contributed by atoms with E-state index in [1.54, 1.807) is 13.2 Å². The van der Waals surface area contributed by atoms with Crippen molar-refractivity contribution in [3.8, 4) is 5.75 Å². The number of nitrogens with zero attached hydrogens (tertiary/aromatic N) is 1. The summed E-state index contributed by atoms with van der Waals surface area (Å²) in [5, 5.41) is 4.52. The Morgan fingerprint density at radius 2 is 1.85 bits per heavy atom. The molecular formula is C13H10Cl4N2O. The van der Waals surface area contributed by atoms with Gasteiger partial charge >= 0.3 is 0 Å². The van der Waals surface area contributed by atoms with Crippen molar-refractivity contribution >= 4 is 52.2 Å². The fourth-order valence-electron chi connectivity index (χ4n) is 1.64. The minimum atomic E-state index is 0.185. The number of pyridine rings is 1. The van der Waals surface area contributed by atoms with Crippen LogP contribution in [0.2, 0.25) is 20.2 Å². The van der Waals surface area contributed by atoms with E-state index in [1.807, 2.05) is 12.1 Å².